The third-order valence-corrected chi connectivity index (χ3v) is 2.48. The molecule has 0 spiro atoms. The van der Waals surface area contributed by atoms with Gasteiger partial charge in [-0.15, -0.1) is 0 Å². The number of benzene rings is 1. The molecule has 1 rings (SSSR count). The Balaban J connectivity index is 2.76. The molecule has 0 saturated carbocycles. The van der Waals surface area contributed by atoms with Crippen LogP contribution in [0.15, 0.2) is 18.2 Å². The number of para-hydroxylation sites is 1. The van der Waals surface area contributed by atoms with Gasteiger partial charge in [-0.2, -0.15) is 0 Å². The molecule has 0 aliphatic heterocycles. The van der Waals surface area contributed by atoms with Gasteiger partial charge in [0.15, 0.2) is 11.9 Å². The van der Waals surface area contributed by atoms with E-state index in [4.69, 9.17) is 38.1 Å². The molecule has 0 amide bonds. The van der Waals surface area contributed by atoms with Crippen molar-refractivity contribution in [3.63, 3.8) is 0 Å². The second-order valence-corrected chi connectivity index (χ2v) is 3.92. The lowest BCUT2D eigenvalue weighted by Gasteiger charge is -2.17. The van der Waals surface area contributed by atoms with Gasteiger partial charge in [-0.3, -0.25) is 5.41 Å². The predicted octanol–water partition coefficient (Wildman–Crippen LogP) is 3.77. The van der Waals surface area contributed by atoms with Crippen LogP contribution in [0.4, 0.5) is 0 Å². The average molecular weight is 262 g/mol. The number of hydrogen-bond acceptors (Lipinski definition) is 3. The SMILES string of the molecule is CCOC(=N)C(C)Oc1c(Cl)cccc1Cl. The quantitative estimate of drug-likeness (QED) is 0.662. The number of nitrogens with one attached hydrogen (secondary N) is 1. The number of rotatable bonds is 4. The monoisotopic (exact) mass is 261 g/mol. The fourth-order valence-electron chi connectivity index (χ4n) is 1.10. The highest BCUT2D eigenvalue weighted by Gasteiger charge is 2.15. The standard InChI is InChI=1S/C11H13Cl2NO2/c1-3-15-11(14)7(2)16-10-8(12)5-4-6-9(10)13/h4-7,14H,3H2,1-2H3. The molecule has 0 bridgehead atoms. The predicted molar refractivity (Wildman–Crippen MR) is 65.9 cm³/mol. The molecule has 5 heteroatoms. The summed E-state index contributed by atoms with van der Waals surface area (Å²) in [6.45, 7) is 3.95. The van der Waals surface area contributed by atoms with Gasteiger partial charge in [-0.25, -0.2) is 0 Å². The summed E-state index contributed by atoms with van der Waals surface area (Å²) in [5, 5.41) is 8.39. The Morgan fingerprint density at radius 3 is 2.44 bits per heavy atom. The Kier molecular flexibility index (Phi) is 4.90. The molecule has 1 aromatic rings. The van der Waals surface area contributed by atoms with E-state index in [1.807, 2.05) is 6.92 Å². The second-order valence-electron chi connectivity index (χ2n) is 3.11. The van der Waals surface area contributed by atoms with E-state index in [-0.39, 0.29) is 5.90 Å². The first-order valence-electron chi connectivity index (χ1n) is 4.88. The highest BCUT2D eigenvalue weighted by Crippen LogP contribution is 2.33. The third kappa shape index (κ3) is 3.29. The van der Waals surface area contributed by atoms with E-state index >= 15 is 0 Å². The first-order chi connectivity index (χ1) is 7.56. The maximum absolute atomic E-state index is 7.55. The van der Waals surface area contributed by atoms with Crippen LogP contribution in [0, 0.1) is 5.41 Å². The number of hydrogen-bond donors (Lipinski definition) is 1. The summed E-state index contributed by atoms with van der Waals surface area (Å²) in [4.78, 5) is 0. The molecule has 0 radical (unpaired) electrons. The molecule has 0 aliphatic carbocycles. The van der Waals surface area contributed by atoms with E-state index in [2.05, 4.69) is 0 Å². The molecule has 0 fully saturated rings. The summed E-state index contributed by atoms with van der Waals surface area (Å²) in [6.07, 6.45) is -0.516. The molecule has 0 aliphatic rings. The fourth-order valence-corrected chi connectivity index (χ4v) is 1.58. The highest BCUT2D eigenvalue weighted by molar-refractivity contribution is 6.37. The van der Waals surface area contributed by atoms with Gasteiger partial charge in [0.25, 0.3) is 0 Å². The summed E-state index contributed by atoms with van der Waals surface area (Å²) in [6, 6.07) is 5.09. The van der Waals surface area contributed by atoms with Crippen molar-refractivity contribution in [2.45, 2.75) is 20.0 Å². The van der Waals surface area contributed by atoms with Crippen molar-refractivity contribution >= 4 is 29.1 Å². The molecular weight excluding hydrogens is 249 g/mol. The zero-order chi connectivity index (χ0) is 12.1. The Bertz CT molecular complexity index is 362. The molecule has 0 aromatic heterocycles. The molecule has 16 heavy (non-hydrogen) atoms. The smallest absolute Gasteiger partial charge is 0.222 e. The van der Waals surface area contributed by atoms with Gasteiger partial charge in [-0.05, 0) is 26.0 Å². The van der Waals surface area contributed by atoms with Crippen LogP contribution in [0.3, 0.4) is 0 Å². The minimum Gasteiger partial charge on any atom is -0.479 e. The Morgan fingerprint density at radius 1 is 1.38 bits per heavy atom. The largest absolute Gasteiger partial charge is 0.479 e. The molecule has 1 unspecified atom stereocenters. The zero-order valence-electron chi connectivity index (χ0n) is 9.09. The van der Waals surface area contributed by atoms with Crippen molar-refractivity contribution in [3.8, 4) is 5.75 Å². The molecule has 3 nitrogen and oxygen atoms in total. The van der Waals surface area contributed by atoms with Crippen molar-refractivity contribution in [3.05, 3.63) is 28.2 Å². The summed E-state index contributed by atoms with van der Waals surface area (Å²) < 4.78 is 10.5. The second kappa shape index (κ2) is 5.97. The van der Waals surface area contributed by atoms with Crippen LogP contribution in [0.5, 0.6) is 5.75 Å². The van der Waals surface area contributed by atoms with Crippen LogP contribution in [0.25, 0.3) is 0 Å². The van der Waals surface area contributed by atoms with Crippen molar-refractivity contribution in [2.75, 3.05) is 6.61 Å². The highest BCUT2D eigenvalue weighted by atomic mass is 35.5. The molecule has 88 valence electrons. The molecule has 1 aromatic carbocycles. The first-order valence-corrected chi connectivity index (χ1v) is 5.63. The Hall–Kier alpha value is -0.930. The average Bonchev–Trinajstić information content (AvgIpc) is 2.23. The van der Waals surface area contributed by atoms with Gasteiger partial charge in [-0.1, -0.05) is 29.3 Å². The van der Waals surface area contributed by atoms with Gasteiger partial charge >= 0.3 is 0 Å². The van der Waals surface area contributed by atoms with E-state index < -0.39 is 6.10 Å². The van der Waals surface area contributed by atoms with E-state index in [1.165, 1.54) is 0 Å². The van der Waals surface area contributed by atoms with Crippen LogP contribution < -0.4 is 4.74 Å². The number of ether oxygens (including phenoxy) is 2. The van der Waals surface area contributed by atoms with Crippen LogP contribution in [0.2, 0.25) is 10.0 Å². The minimum atomic E-state index is -0.516. The lowest BCUT2D eigenvalue weighted by molar-refractivity contribution is 0.220. The molecule has 1 atom stereocenters. The van der Waals surface area contributed by atoms with Crippen molar-refractivity contribution in [2.24, 2.45) is 0 Å². The summed E-state index contributed by atoms with van der Waals surface area (Å²) >= 11 is 11.9. The Labute approximate surface area is 105 Å². The van der Waals surface area contributed by atoms with Gasteiger partial charge in [0.1, 0.15) is 0 Å². The first kappa shape index (κ1) is 13.1. The van der Waals surface area contributed by atoms with Gasteiger partial charge in [0.2, 0.25) is 5.90 Å². The van der Waals surface area contributed by atoms with E-state index in [0.29, 0.717) is 22.4 Å². The van der Waals surface area contributed by atoms with Crippen LogP contribution in [-0.4, -0.2) is 18.6 Å². The summed E-state index contributed by atoms with van der Waals surface area (Å²) in [5.74, 6) is 0.432. The Morgan fingerprint density at radius 2 is 1.94 bits per heavy atom. The minimum absolute atomic E-state index is 0.0542. The zero-order valence-corrected chi connectivity index (χ0v) is 10.6. The van der Waals surface area contributed by atoms with Gasteiger partial charge in [0.05, 0.1) is 16.7 Å². The molecule has 0 heterocycles. The molecular formula is C11H13Cl2NO2. The summed E-state index contributed by atoms with van der Waals surface area (Å²) in [5.41, 5.74) is 0. The van der Waals surface area contributed by atoms with Crippen LogP contribution in [0.1, 0.15) is 13.8 Å². The fraction of sp³-hybridized carbons (Fsp3) is 0.364. The van der Waals surface area contributed by atoms with Crippen molar-refractivity contribution in [1.29, 1.82) is 5.41 Å². The normalized spacial score (nSPS) is 12.0. The topological polar surface area (TPSA) is 42.3 Å². The van der Waals surface area contributed by atoms with E-state index in [9.17, 15) is 0 Å². The van der Waals surface area contributed by atoms with E-state index in [1.54, 1.807) is 25.1 Å². The lowest BCUT2D eigenvalue weighted by atomic mass is 10.3. The van der Waals surface area contributed by atoms with Crippen LogP contribution >= 0.6 is 23.2 Å². The number of halogens is 2. The van der Waals surface area contributed by atoms with Crippen LogP contribution in [-0.2, 0) is 4.74 Å². The molecule has 0 saturated heterocycles. The van der Waals surface area contributed by atoms with E-state index in [0.717, 1.165) is 0 Å². The third-order valence-electron chi connectivity index (χ3n) is 1.88. The van der Waals surface area contributed by atoms with Gasteiger partial charge < -0.3 is 9.47 Å². The molecule has 1 N–H and O–H groups in total. The maximum Gasteiger partial charge on any atom is 0.222 e. The van der Waals surface area contributed by atoms with Crippen molar-refractivity contribution in [1.82, 2.24) is 0 Å². The lowest BCUT2D eigenvalue weighted by Crippen LogP contribution is -2.25. The summed E-state index contributed by atoms with van der Waals surface area (Å²) in [7, 11) is 0. The maximum atomic E-state index is 7.55. The van der Waals surface area contributed by atoms with Gasteiger partial charge in [0, 0.05) is 0 Å². The van der Waals surface area contributed by atoms with Crippen molar-refractivity contribution < 1.29 is 9.47 Å².